The normalized spacial score (nSPS) is 25.4. The summed E-state index contributed by atoms with van der Waals surface area (Å²) in [7, 11) is 0. The Morgan fingerprint density at radius 1 is 1.24 bits per heavy atom. The van der Waals surface area contributed by atoms with Crippen LogP contribution in [0.1, 0.15) is 44.9 Å². The molecule has 1 atom stereocenters. The Balaban J connectivity index is 1.90. The van der Waals surface area contributed by atoms with Gasteiger partial charge >= 0.3 is 0 Å². The molecule has 0 bridgehead atoms. The van der Waals surface area contributed by atoms with Crippen LogP contribution in [0.5, 0.6) is 0 Å². The van der Waals surface area contributed by atoms with Crippen LogP contribution in [0.2, 0.25) is 0 Å². The number of hydrogen-bond donors (Lipinski definition) is 2. The summed E-state index contributed by atoms with van der Waals surface area (Å²) >= 11 is 0. The summed E-state index contributed by atoms with van der Waals surface area (Å²) in [6.07, 6.45) is 7.54. The third kappa shape index (κ3) is 3.19. The first-order valence-electron chi connectivity index (χ1n) is 6.97. The molecule has 1 heterocycles. The van der Waals surface area contributed by atoms with Crippen molar-refractivity contribution < 1.29 is 9.90 Å². The van der Waals surface area contributed by atoms with Crippen molar-refractivity contribution in [2.24, 2.45) is 0 Å². The summed E-state index contributed by atoms with van der Waals surface area (Å²) in [6.45, 7) is 1.86. The van der Waals surface area contributed by atoms with Crippen molar-refractivity contribution in [3.63, 3.8) is 0 Å². The van der Waals surface area contributed by atoms with Crippen LogP contribution in [-0.4, -0.2) is 47.7 Å². The predicted octanol–water partition coefficient (Wildman–Crippen LogP) is 0.892. The fraction of sp³-hybridized carbons (Fsp3) is 0.923. The van der Waals surface area contributed by atoms with Crippen LogP contribution in [0.25, 0.3) is 0 Å². The van der Waals surface area contributed by atoms with E-state index >= 15 is 0 Å². The van der Waals surface area contributed by atoms with Gasteiger partial charge in [-0.25, -0.2) is 0 Å². The lowest BCUT2D eigenvalue weighted by Crippen LogP contribution is -2.53. The molecule has 1 amide bonds. The molecule has 2 aliphatic rings. The smallest absolute Gasteiger partial charge is 0.239 e. The summed E-state index contributed by atoms with van der Waals surface area (Å²) in [5.41, 5.74) is 0. The SMILES string of the molecule is O=C([C@H]1CCCCN1)N(CCCO)C1CCC1. The van der Waals surface area contributed by atoms with Crippen molar-refractivity contribution in [2.75, 3.05) is 19.7 Å². The Bertz CT molecular complexity index is 248. The lowest BCUT2D eigenvalue weighted by molar-refractivity contribution is -0.138. The molecule has 4 nitrogen and oxygen atoms in total. The average Bonchev–Trinajstić information content (AvgIpc) is 2.32. The van der Waals surface area contributed by atoms with Crippen molar-refractivity contribution in [3.05, 3.63) is 0 Å². The van der Waals surface area contributed by atoms with Gasteiger partial charge in [-0.05, 0) is 45.1 Å². The summed E-state index contributed by atoms with van der Waals surface area (Å²) in [5, 5.41) is 12.3. The summed E-state index contributed by atoms with van der Waals surface area (Å²) in [5.74, 6) is 0.267. The number of rotatable bonds is 5. The molecule has 1 saturated carbocycles. The first kappa shape index (κ1) is 12.8. The molecule has 4 heteroatoms. The number of aliphatic hydroxyl groups is 1. The van der Waals surface area contributed by atoms with Gasteiger partial charge in [0, 0.05) is 19.2 Å². The van der Waals surface area contributed by atoms with Crippen LogP contribution in [0.15, 0.2) is 0 Å². The van der Waals surface area contributed by atoms with Gasteiger partial charge in [-0.1, -0.05) is 6.42 Å². The van der Waals surface area contributed by atoms with Crippen LogP contribution in [0, 0.1) is 0 Å². The number of aliphatic hydroxyl groups excluding tert-OH is 1. The van der Waals surface area contributed by atoms with Gasteiger partial charge < -0.3 is 15.3 Å². The maximum Gasteiger partial charge on any atom is 0.239 e. The van der Waals surface area contributed by atoms with E-state index in [0.29, 0.717) is 12.5 Å². The molecule has 0 aromatic heterocycles. The molecule has 17 heavy (non-hydrogen) atoms. The van der Waals surface area contributed by atoms with E-state index in [1.165, 1.54) is 12.8 Å². The molecular formula is C13H24N2O2. The Kier molecular flexibility index (Phi) is 4.80. The maximum absolute atomic E-state index is 12.4. The number of nitrogens with zero attached hydrogens (tertiary/aromatic N) is 1. The molecular weight excluding hydrogens is 216 g/mol. The van der Waals surface area contributed by atoms with Crippen LogP contribution in [0.4, 0.5) is 0 Å². The van der Waals surface area contributed by atoms with Gasteiger partial charge in [0.1, 0.15) is 0 Å². The minimum Gasteiger partial charge on any atom is -0.396 e. The molecule has 1 saturated heterocycles. The van der Waals surface area contributed by atoms with Gasteiger partial charge in [0.2, 0.25) is 5.91 Å². The zero-order chi connectivity index (χ0) is 12.1. The average molecular weight is 240 g/mol. The Morgan fingerprint density at radius 3 is 2.59 bits per heavy atom. The first-order chi connectivity index (χ1) is 8.33. The zero-order valence-corrected chi connectivity index (χ0v) is 10.5. The molecule has 0 spiro atoms. The second kappa shape index (κ2) is 6.36. The van der Waals surface area contributed by atoms with Crippen LogP contribution in [0.3, 0.4) is 0 Å². The number of hydrogen-bond acceptors (Lipinski definition) is 3. The fourth-order valence-electron chi connectivity index (χ4n) is 2.67. The van der Waals surface area contributed by atoms with E-state index < -0.39 is 0 Å². The standard InChI is InChI=1S/C13H24N2O2/c16-10-4-9-15(11-5-3-6-11)13(17)12-7-1-2-8-14-12/h11-12,14,16H,1-10H2/t12-/m1/s1. The highest BCUT2D eigenvalue weighted by Gasteiger charge is 2.32. The van der Waals surface area contributed by atoms with Crippen molar-refractivity contribution in [3.8, 4) is 0 Å². The van der Waals surface area contributed by atoms with E-state index in [1.54, 1.807) is 0 Å². The summed E-state index contributed by atoms with van der Waals surface area (Å²) in [4.78, 5) is 14.4. The van der Waals surface area contributed by atoms with Crippen LogP contribution >= 0.6 is 0 Å². The topological polar surface area (TPSA) is 52.6 Å². The molecule has 0 aromatic carbocycles. The van der Waals surface area contributed by atoms with E-state index in [9.17, 15) is 4.79 Å². The van der Waals surface area contributed by atoms with Gasteiger partial charge in [0.05, 0.1) is 6.04 Å². The van der Waals surface area contributed by atoms with Crippen molar-refractivity contribution in [2.45, 2.75) is 57.0 Å². The molecule has 98 valence electrons. The van der Waals surface area contributed by atoms with Gasteiger partial charge in [-0.15, -0.1) is 0 Å². The largest absolute Gasteiger partial charge is 0.396 e. The zero-order valence-electron chi connectivity index (χ0n) is 10.5. The van der Waals surface area contributed by atoms with Gasteiger partial charge in [0.15, 0.2) is 0 Å². The van der Waals surface area contributed by atoms with Crippen molar-refractivity contribution >= 4 is 5.91 Å². The number of nitrogens with one attached hydrogen (secondary N) is 1. The first-order valence-corrected chi connectivity index (χ1v) is 6.97. The lowest BCUT2D eigenvalue weighted by atomic mass is 9.90. The highest BCUT2D eigenvalue weighted by atomic mass is 16.3. The maximum atomic E-state index is 12.4. The van der Waals surface area contributed by atoms with E-state index in [2.05, 4.69) is 5.32 Å². The van der Waals surface area contributed by atoms with E-state index in [0.717, 1.165) is 38.8 Å². The number of carbonyl (C=O) groups is 1. The third-order valence-electron chi connectivity index (χ3n) is 3.96. The molecule has 1 aliphatic carbocycles. The van der Waals surface area contributed by atoms with Crippen LogP contribution in [-0.2, 0) is 4.79 Å². The molecule has 0 unspecified atom stereocenters. The Morgan fingerprint density at radius 2 is 2.06 bits per heavy atom. The van der Waals surface area contributed by atoms with Gasteiger partial charge in [-0.2, -0.15) is 0 Å². The highest BCUT2D eigenvalue weighted by Crippen LogP contribution is 2.26. The second-order valence-electron chi connectivity index (χ2n) is 5.20. The molecule has 0 radical (unpaired) electrons. The van der Waals surface area contributed by atoms with Gasteiger partial charge in [0.25, 0.3) is 0 Å². The molecule has 0 aromatic rings. The highest BCUT2D eigenvalue weighted by molar-refractivity contribution is 5.82. The minimum atomic E-state index is 0.0306. The predicted molar refractivity (Wildman–Crippen MR) is 66.7 cm³/mol. The molecule has 2 rings (SSSR count). The molecule has 1 aliphatic heterocycles. The fourth-order valence-corrected chi connectivity index (χ4v) is 2.67. The molecule has 2 N–H and O–H groups in total. The van der Waals surface area contributed by atoms with E-state index in [-0.39, 0.29) is 18.6 Å². The number of piperidine rings is 1. The summed E-state index contributed by atoms with van der Waals surface area (Å²) in [6, 6.07) is 0.473. The number of carbonyl (C=O) groups excluding carboxylic acids is 1. The second-order valence-corrected chi connectivity index (χ2v) is 5.20. The monoisotopic (exact) mass is 240 g/mol. The number of amides is 1. The van der Waals surface area contributed by atoms with Crippen LogP contribution < -0.4 is 5.32 Å². The Labute approximate surface area is 103 Å². The van der Waals surface area contributed by atoms with Gasteiger partial charge in [-0.3, -0.25) is 4.79 Å². The van der Waals surface area contributed by atoms with E-state index in [1.807, 2.05) is 4.90 Å². The quantitative estimate of drug-likeness (QED) is 0.750. The summed E-state index contributed by atoms with van der Waals surface area (Å²) < 4.78 is 0. The van der Waals surface area contributed by atoms with E-state index in [4.69, 9.17) is 5.11 Å². The van der Waals surface area contributed by atoms with Crippen molar-refractivity contribution in [1.82, 2.24) is 10.2 Å². The Hall–Kier alpha value is -0.610. The minimum absolute atomic E-state index is 0.0306. The molecule has 2 fully saturated rings. The lowest BCUT2D eigenvalue weighted by Gasteiger charge is -2.40. The third-order valence-corrected chi connectivity index (χ3v) is 3.96. The van der Waals surface area contributed by atoms with Crippen molar-refractivity contribution in [1.29, 1.82) is 0 Å².